The van der Waals surface area contributed by atoms with Crippen LogP contribution in [0.5, 0.6) is 0 Å². The highest BCUT2D eigenvalue weighted by molar-refractivity contribution is 4.75. The smallest absolute Gasteiger partial charge is 0.00925 e. The minimum Gasteiger partial charge on any atom is -0.303 e. The van der Waals surface area contributed by atoms with Crippen molar-refractivity contribution in [2.45, 2.75) is 58.9 Å². The molecule has 1 rings (SSSR count). The van der Waals surface area contributed by atoms with Crippen molar-refractivity contribution >= 4 is 0 Å². The molecule has 74 valence electrons. The summed E-state index contributed by atoms with van der Waals surface area (Å²) in [5.41, 5.74) is 0. The van der Waals surface area contributed by atoms with E-state index in [0.717, 1.165) is 6.04 Å². The van der Waals surface area contributed by atoms with Crippen LogP contribution in [0.1, 0.15) is 52.9 Å². The molecule has 0 spiro atoms. The van der Waals surface area contributed by atoms with Gasteiger partial charge in [-0.3, -0.25) is 0 Å². The van der Waals surface area contributed by atoms with Crippen LogP contribution < -0.4 is 0 Å². The molecule has 1 atom stereocenters. The number of hydrogen-bond donors (Lipinski definition) is 0. The van der Waals surface area contributed by atoms with Crippen molar-refractivity contribution in [1.29, 1.82) is 0 Å². The first kappa shape index (κ1) is 12.0. The lowest BCUT2D eigenvalue weighted by Crippen LogP contribution is -2.24. The maximum Gasteiger partial charge on any atom is 0.00925 e. The number of rotatable bonds is 2. The van der Waals surface area contributed by atoms with Crippen LogP contribution in [0.2, 0.25) is 0 Å². The second-order valence-corrected chi connectivity index (χ2v) is 3.77. The maximum absolute atomic E-state index is 2.49. The second kappa shape index (κ2) is 7.60. The summed E-state index contributed by atoms with van der Waals surface area (Å²) in [4.78, 5) is 2.49. The van der Waals surface area contributed by atoms with Crippen molar-refractivity contribution in [3.05, 3.63) is 0 Å². The molecule has 0 aromatic carbocycles. The molecule has 12 heavy (non-hydrogen) atoms. The molecule has 1 aliphatic heterocycles. The van der Waals surface area contributed by atoms with Crippen LogP contribution in [0.15, 0.2) is 0 Å². The molecule has 1 heteroatoms. The molecule has 0 aromatic heterocycles. The molecule has 0 radical (unpaired) electrons. The molecule has 0 aromatic rings. The Morgan fingerprint density at radius 2 is 1.83 bits per heavy atom. The minimum absolute atomic E-state index is 0.912. The Balaban J connectivity index is 0.000000354. The Morgan fingerprint density at radius 1 is 1.25 bits per heavy atom. The van der Waals surface area contributed by atoms with Crippen LogP contribution >= 0.6 is 0 Å². The summed E-state index contributed by atoms with van der Waals surface area (Å²) >= 11 is 0. The summed E-state index contributed by atoms with van der Waals surface area (Å²) in [6.45, 7) is 7.84. The van der Waals surface area contributed by atoms with Crippen LogP contribution in [-0.4, -0.2) is 24.5 Å². The van der Waals surface area contributed by atoms with Gasteiger partial charge in [-0.15, -0.1) is 0 Å². The van der Waals surface area contributed by atoms with Crippen LogP contribution in [-0.2, 0) is 0 Å². The third-order valence-corrected chi connectivity index (χ3v) is 2.29. The van der Waals surface area contributed by atoms with E-state index >= 15 is 0 Å². The molecule has 1 nitrogen and oxygen atoms in total. The van der Waals surface area contributed by atoms with E-state index in [4.69, 9.17) is 0 Å². The third-order valence-electron chi connectivity index (χ3n) is 2.29. The summed E-state index contributed by atoms with van der Waals surface area (Å²) in [5.74, 6) is 0. The van der Waals surface area contributed by atoms with Gasteiger partial charge in [0.05, 0.1) is 0 Å². The van der Waals surface area contributed by atoms with Gasteiger partial charge in [-0.05, 0) is 32.9 Å². The molecule has 1 unspecified atom stereocenters. The summed E-state index contributed by atoms with van der Waals surface area (Å²) in [6.07, 6.45) is 6.84. The first-order valence-electron chi connectivity index (χ1n) is 5.46. The maximum atomic E-state index is 2.49. The molecule has 0 amide bonds. The number of hydrogen-bond acceptors (Lipinski definition) is 1. The van der Waals surface area contributed by atoms with Gasteiger partial charge < -0.3 is 4.90 Å². The molecule has 1 aliphatic rings. The average molecular weight is 171 g/mol. The van der Waals surface area contributed by atoms with Crippen molar-refractivity contribution in [3.63, 3.8) is 0 Å². The fourth-order valence-corrected chi connectivity index (χ4v) is 1.68. The SMILES string of the molecule is CCC.CCCC1CCCN1C. The van der Waals surface area contributed by atoms with E-state index in [2.05, 4.69) is 32.7 Å². The van der Waals surface area contributed by atoms with E-state index in [1.165, 1.54) is 38.6 Å². The molecule has 1 fully saturated rings. The number of likely N-dealkylation sites (tertiary alicyclic amines) is 1. The fraction of sp³-hybridized carbons (Fsp3) is 1.00. The zero-order valence-electron chi connectivity index (χ0n) is 9.27. The largest absolute Gasteiger partial charge is 0.303 e. The zero-order valence-corrected chi connectivity index (χ0v) is 9.27. The fourth-order valence-electron chi connectivity index (χ4n) is 1.68. The molecule has 0 aliphatic carbocycles. The van der Waals surface area contributed by atoms with Gasteiger partial charge in [0.15, 0.2) is 0 Å². The lowest BCUT2D eigenvalue weighted by atomic mass is 10.1. The summed E-state index contributed by atoms with van der Waals surface area (Å²) in [6, 6.07) is 0.912. The van der Waals surface area contributed by atoms with Crippen molar-refractivity contribution < 1.29 is 0 Å². The van der Waals surface area contributed by atoms with Gasteiger partial charge in [-0.2, -0.15) is 0 Å². The number of nitrogens with zero attached hydrogens (tertiary/aromatic N) is 1. The lowest BCUT2D eigenvalue weighted by molar-refractivity contribution is 0.295. The summed E-state index contributed by atoms with van der Waals surface area (Å²) in [5, 5.41) is 0. The van der Waals surface area contributed by atoms with Crippen molar-refractivity contribution in [1.82, 2.24) is 4.90 Å². The summed E-state index contributed by atoms with van der Waals surface area (Å²) in [7, 11) is 2.24. The molecular formula is C11H25N. The monoisotopic (exact) mass is 171 g/mol. The highest BCUT2D eigenvalue weighted by Crippen LogP contribution is 2.18. The highest BCUT2D eigenvalue weighted by Gasteiger charge is 2.18. The highest BCUT2D eigenvalue weighted by atomic mass is 15.1. The normalized spacial score (nSPS) is 23.5. The van der Waals surface area contributed by atoms with Crippen LogP contribution in [0.4, 0.5) is 0 Å². The van der Waals surface area contributed by atoms with Gasteiger partial charge in [-0.25, -0.2) is 0 Å². The predicted octanol–water partition coefficient (Wildman–Crippen LogP) is 3.30. The van der Waals surface area contributed by atoms with E-state index < -0.39 is 0 Å². The van der Waals surface area contributed by atoms with Crippen molar-refractivity contribution in [2.24, 2.45) is 0 Å². The van der Waals surface area contributed by atoms with Crippen molar-refractivity contribution in [3.8, 4) is 0 Å². The molecule has 0 saturated carbocycles. The van der Waals surface area contributed by atoms with Gasteiger partial charge in [-0.1, -0.05) is 33.6 Å². The average Bonchev–Trinajstić information content (AvgIpc) is 2.39. The van der Waals surface area contributed by atoms with Gasteiger partial charge in [0.1, 0.15) is 0 Å². The Morgan fingerprint density at radius 3 is 2.17 bits per heavy atom. The van der Waals surface area contributed by atoms with E-state index in [-0.39, 0.29) is 0 Å². The second-order valence-electron chi connectivity index (χ2n) is 3.77. The Bertz CT molecular complexity index is 91.0. The first-order valence-corrected chi connectivity index (χ1v) is 5.46. The first-order chi connectivity index (χ1) is 5.76. The standard InChI is InChI=1S/C8H17N.C3H8/c1-3-5-8-6-4-7-9(8)2;1-3-2/h8H,3-7H2,1-2H3;3H2,1-2H3. The van der Waals surface area contributed by atoms with Gasteiger partial charge in [0.2, 0.25) is 0 Å². The van der Waals surface area contributed by atoms with Gasteiger partial charge in [0, 0.05) is 6.04 Å². The van der Waals surface area contributed by atoms with Gasteiger partial charge >= 0.3 is 0 Å². The third kappa shape index (κ3) is 4.76. The predicted molar refractivity (Wildman–Crippen MR) is 56.5 cm³/mol. The van der Waals surface area contributed by atoms with E-state index in [9.17, 15) is 0 Å². The Hall–Kier alpha value is -0.0400. The molecule has 1 saturated heterocycles. The Labute approximate surface area is 78.1 Å². The topological polar surface area (TPSA) is 3.24 Å². The minimum atomic E-state index is 0.912. The molecule has 0 N–H and O–H groups in total. The van der Waals surface area contributed by atoms with Crippen LogP contribution in [0.25, 0.3) is 0 Å². The van der Waals surface area contributed by atoms with Gasteiger partial charge in [0.25, 0.3) is 0 Å². The van der Waals surface area contributed by atoms with E-state index in [1.54, 1.807) is 0 Å². The van der Waals surface area contributed by atoms with E-state index in [1.807, 2.05) is 0 Å². The quantitative estimate of drug-likeness (QED) is 0.616. The molecule has 1 heterocycles. The molecule has 0 bridgehead atoms. The van der Waals surface area contributed by atoms with E-state index in [0.29, 0.717) is 0 Å². The van der Waals surface area contributed by atoms with Crippen LogP contribution in [0, 0.1) is 0 Å². The lowest BCUT2D eigenvalue weighted by Gasteiger charge is -2.17. The Kier molecular flexibility index (Phi) is 7.58. The molecular weight excluding hydrogens is 146 g/mol. The van der Waals surface area contributed by atoms with Crippen molar-refractivity contribution in [2.75, 3.05) is 13.6 Å². The van der Waals surface area contributed by atoms with Crippen LogP contribution in [0.3, 0.4) is 0 Å². The zero-order chi connectivity index (χ0) is 9.40. The summed E-state index contributed by atoms with van der Waals surface area (Å²) < 4.78 is 0.